The molecule has 1 aliphatic heterocycles. The van der Waals surface area contributed by atoms with Gasteiger partial charge in [-0.3, -0.25) is 4.79 Å². The van der Waals surface area contributed by atoms with Crippen LogP contribution in [0.2, 0.25) is 0 Å². The molecule has 2 heterocycles. The molecule has 4 saturated carbocycles. The zero-order valence-electron chi connectivity index (χ0n) is 15.7. The number of carbonyl (C=O) groups excluding carboxylic acids is 2. The summed E-state index contributed by atoms with van der Waals surface area (Å²) in [6.45, 7) is 3.44. The second kappa shape index (κ2) is 6.19. The van der Waals surface area contributed by atoms with E-state index in [-0.39, 0.29) is 23.5 Å². The molecule has 4 unspecified atom stereocenters. The molecule has 6 atom stereocenters. The van der Waals surface area contributed by atoms with Gasteiger partial charge in [0.2, 0.25) is 5.91 Å². The monoisotopic (exact) mass is 389 g/mol. The average Bonchev–Trinajstić information content (AvgIpc) is 3.26. The van der Waals surface area contributed by atoms with Crippen LogP contribution in [0, 0.1) is 30.1 Å². The van der Waals surface area contributed by atoms with Crippen molar-refractivity contribution < 1.29 is 14.3 Å². The lowest BCUT2D eigenvalue weighted by Crippen LogP contribution is -2.59. The highest BCUT2D eigenvalue weighted by molar-refractivity contribution is 7.09. The van der Waals surface area contributed by atoms with E-state index in [2.05, 4.69) is 10.4 Å². The molecular formula is C20H27N3O3S. The first-order valence-electron chi connectivity index (χ1n) is 10.1. The normalized spacial score (nSPS) is 39.7. The molecule has 1 aromatic heterocycles. The Bertz CT molecular complexity index is 762. The van der Waals surface area contributed by atoms with Gasteiger partial charge in [-0.05, 0) is 63.2 Å². The summed E-state index contributed by atoms with van der Waals surface area (Å²) in [6, 6.07) is 0. The lowest BCUT2D eigenvalue weighted by molar-refractivity contribution is -0.161. The van der Waals surface area contributed by atoms with Crippen LogP contribution in [0.3, 0.4) is 0 Å². The molecule has 6 nitrogen and oxygen atoms in total. The van der Waals surface area contributed by atoms with Crippen LogP contribution in [-0.2, 0) is 9.53 Å². The molecule has 7 heteroatoms. The number of carbonyl (C=O) groups is 2. The number of hydrogen-bond acceptors (Lipinski definition) is 5. The van der Waals surface area contributed by atoms with E-state index in [4.69, 9.17) is 10.5 Å². The van der Waals surface area contributed by atoms with Crippen molar-refractivity contribution >= 4 is 23.3 Å². The largest absolute Gasteiger partial charge is 0.446 e. The number of hydrogen-bond donors (Lipinski definition) is 1. The number of nitrogens with zero attached hydrogens (tertiary/aromatic N) is 2. The van der Waals surface area contributed by atoms with Gasteiger partial charge in [-0.2, -0.15) is 0 Å². The highest BCUT2D eigenvalue weighted by atomic mass is 32.1. The Morgan fingerprint density at radius 3 is 2.67 bits per heavy atom. The van der Waals surface area contributed by atoms with Crippen LogP contribution in [0.5, 0.6) is 0 Å². The number of aryl methyl sites for hydroxylation is 1. The SMILES string of the molecule is Cc1csc(C2CCN(C(=O)OC3C4CC5C[C@@H]3C[C@@](C(N)=O)(C5)C4)C2)n1. The highest BCUT2D eigenvalue weighted by Crippen LogP contribution is 2.60. The van der Waals surface area contributed by atoms with Crippen LogP contribution in [0.4, 0.5) is 4.79 Å². The lowest BCUT2D eigenvalue weighted by atomic mass is 9.48. The minimum atomic E-state index is -0.332. The minimum Gasteiger partial charge on any atom is -0.446 e. The van der Waals surface area contributed by atoms with Crippen molar-refractivity contribution in [3.8, 4) is 0 Å². The Labute approximate surface area is 163 Å². The van der Waals surface area contributed by atoms with Crippen molar-refractivity contribution in [2.75, 3.05) is 13.1 Å². The lowest BCUT2D eigenvalue weighted by Gasteiger charge is -2.58. The van der Waals surface area contributed by atoms with Gasteiger partial charge >= 0.3 is 6.09 Å². The minimum absolute atomic E-state index is 0.0392. The fourth-order valence-corrected chi connectivity index (χ4v) is 7.28. The predicted molar refractivity (Wildman–Crippen MR) is 101 cm³/mol. The molecule has 146 valence electrons. The predicted octanol–water partition coefficient (Wildman–Crippen LogP) is 3.06. The van der Waals surface area contributed by atoms with Gasteiger partial charge in [-0.15, -0.1) is 11.3 Å². The van der Waals surface area contributed by atoms with E-state index in [0.717, 1.165) is 55.8 Å². The standard InChI is InChI=1S/C20H27N3O3S/c1-11-10-27-17(22-11)13-2-3-23(9-13)19(25)26-16-14-4-12-5-15(16)8-20(6-12,7-14)18(21)24/h10,12-16H,2-9H2,1H3,(H2,21,24)/t12?,13?,14-,15?,16?,20+/m1/s1. The fourth-order valence-electron chi connectivity index (χ4n) is 6.35. The molecule has 4 aliphatic carbocycles. The van der Waals surface area contributed by atoms with Gasteiger partial charge in [0, 0.05) is 30.1 Å². The van der Waals surface area contributed by atoms with Crippen LogP contribution < -0.4 is 5.73 Å². The van der Waals surface area contributed by atoms with Crippen LogP contribution in [0.25, 0.3) is 0 Å². The van der Waals surface area contributed by atoms with Gasteiger partial charge in [0.1, 0.15) is 6.10 Å². The molecule has 5 fully saturated rings. The molecule has 0 radical (unpaired) electrons. The van der Waals surface area contributed by atoms with E-state index in [9.17, 15) is 9.59 Å². The van der Waals surface area contributed by atoms with E-state index in [0.29, 0.717) is 30.2 Å². The zero-order valence-corrected chi connectivity index (χ0v) is 16.5. The molecule has 2 amide bonds. The Morgan fingerprint density at radius 1 is 1.30 bits per heavy atom. The zero-order chi connectivity index (χ0) is 18.8. The summed E-state index contributed by atoms with van der Waals surface area (Å²) < 4.78 is 6.04. The molecule has 2 N–H and O–H groups in total. The van der Waals surface area contributed by atoms with E-state index in [1.54, 1.807) is 11.3 Å². The number of aromatic nitrogens is 1. The quantitative estimate of drug-likeness (QED) is 0.861. The summed E-state index contributed by atoms with van der Waals surface area (Å²) in [5, 5.41) is 3.19. The molecule has 5 aliphatic rings. The molecule has 1 aromatic rings. The van der Waals surface area contributed by atoms with Crippen LogP contribution in [0.15, 0.2) is 5.38 Å². The first kappa shape index (κ1) is 17.5. The number of ether oxygens (including phenoxy) is 1. The van der Waals surface area contributed by atoms with Gasteiger partial charge in [0.05, 0.1) is 10.4 Å². The van der Waals surface area contributed by atoms with Crippen molar-refractivity contribution in [1.82, 2.24) is 9.88 Å². The van der Waals surface area contributed by atoms with Crippen LogP contribution >= 0.6 is 11.3 Å². The summed E-state index contributed by atoms with van der Waals surface area (Å²) in [7, 11) is 0. The third-order valence-corrected chi connectivity index (χ3v) is 8.50. The second-order valence-corrected chi connectivity index (χ2v) is 10.1. The third kappa shape index (κ3) is 2.85. The maximum Gasteiger partial charge on any atom is 0.410 e. The van der Waals surface area contributed by atoms with Crippen molar-refractivity contribution in [2.24, 2.45) is 28.9 Å². The number of nitrogens with two attached hydrogens (primary N) is 1. The molecule has 0 aromatic carbocycles. The third-order valence-electron chi connectivity index (χ3n) is 7.38. The van der Waals surface area contributed by atoms with Gasteiger partial charge in [0.25, 0.3) is 0 Å². The molecule has 4 bridgehead atoms. The first-order valence-corrected chi connectivity index (χ1v) is 11.0. The van der Waals surface area contributed by atoms with E-state index in [1.807, 2.05) is 11.8 Å². The fraction of sp³-hybridized carbons (Fsp3) is 0.750. The molecule has 6 rings (SSSR count). The van der Waals surface area contributed by atoms with E-state index < -0.39 is 0 Å². The Balaban J connectivity index is 1.24. The number of rotatable bonds is 3. The van der Waals surface area contributed by atoms with Gasteiger partial charge in [0.15, 0.2) is 0 Å². The second-order valence-electron chi connectivity index (χ2n) is 9.22. The Hall–Kier alpha value is -1.63. The number of thiazole rings is 1. The van der Waals surface area contributed by atoms with Crippen molar-refractivity contribution in [3.05, 3.63) is 16.1 Å². The van der Waals surface area contributed by atoms with Gasteiger partial charge < -0.3 is 15.4 Å². The molecular weight excluding hydrogens is 362 g/mol. The average molecular weight is 390 g/mol. The molecule has 1 saturated heterocycles. The smallest absolute Gasteiger partial charge is 0.410 e. The van der Waals surface area contributed by atoms with Crippen molar-refractivity contribution in [1.29, 1.82) is 0 Å². The van der Waals surface area contributed by atoms with E-state index >= 15 is 0 Å². The summed E-state index contributed by atoms with van der Waals surface area (Å²) >= 11 is 1.68. The summed E-state index contributed by atoms with van der Waals surface area (Å²) in [6.07, 6.45) is 5.42. The summed E-state index contributed by atoms with van der Waals surface area (Å²) in [4.78, 5) is 31.3. The summed E-state index contributed by atoms with van der Waals surface area (Å²) in [5.41, 5.74) is 6.47. The number of primary amides is 1. The van der Waals surface area contributed by atoms with Gasteiger partial charge in [-0.25, -0.2) is 9.78 Å². The molecule has 0 spiro atoms. The van der Waals surface area contributed by atoms with Crippen molar-refractivity contribution in [3.63, 3.8) is 0 Å². The maximum absolute atomic E-state index is 12.8. The first-order chi connectivity index (χ1) is 12.9. The Kier molecular flexibility index (Phi) is 4.00. The molecule has 27 heavy (non-hydrogen) atoms. The van der Waals surface area contributed by atoms with Crippen LogP contribution in [-0.4, -0.2) is 41.1 Å². The summed E-state index contributed by atoms with van der Waals surface area (Å²) in [5.74, 6) is 1.36. The number of likely N-dealkylation sites (tertiary alicyclic amines) is 1. The van der Waals surface area contributed by atoms with Gasteiger partial charge in [-0.1, -0.05) is 0 Å². The Morgan fingerprint density at radius 2 is 2.04 bits per heavy atom. The van der Waals surface area contributed by atoms with Crippen LogP contribution in [0.1, 0.15) is 55.1 Å². The topological polar surface area (TPSA) is 85.5 Å². The van der Waals surface area contributed by atoms with E-state index in [1.165, 1.54) is 0 Å². The maximum atomic E-state index is 12.8. The highest BCUT2D eigenvalue weighted by Gasteiger charge is 2.59. The van der Waals surface area contributed by atoms with Crippen molar-refractivity contribution in [2.45, 2.75) is 57.5 Å². The number of amides is 2.